The number of hydrogen-bond donors (Lipinski definition) is 1. The monoisotopic (exact) mass is 250 g/mol. The Bertz CT molecular complexity index is 247. The van der Waals surface area contributed by atoms with Gasteiger partial charge in [-0.1, -0.05) is 19.3 Å². The zero-order valence-corrected chi connectivity index (χ0v) is 11.9. The summed E-state index contributed by atoms with van der Waals surface area (Å²) in [7, 11) is 0. The quantitative estimate of drug-likeness (QED) is 0.755. The highest BCUT2D eigenvalue weighted by molar-refractivity contribution is 4.89. The molecular weight excluding hydrogens is 220 g/mol. The molecule has 1 N–H and O–H groups in total. The lowest BCUT2D eigenvalue weighted by Gasteiger charge is -2.37. The second kappa shape index (κ2) is 6.38. The van der Waals surface area contributed by atoms with E-state index in [9.17, 15) is 0 Å². The largest absolute Gasteiger partial charge is 0.315 e. The third-order valence-corrected chi connectivity index (χ3v) is 5.59. The number of hydrogen-bond acceptors (Lipinski definition) is 2. The van der Waals surface area contributed by atoms with Crippen molar-refractivity contribution in [2.24, 2.45) is 11.8 Å². The Labute approximate surface area is 113 Å². The maximum atomic E-state index is 3.71. The van der Waals surface area contributed by atoms with Crippen LogP contribution in [-0.2, 0) is 0 Å². The van der Waals surface area contributed by atoms with E-state index >= 15 is 0 Å². The fraction of sp³-hybridized carbons (Fsp3) is 1.00. The molecule has 0 aromatic heterocycles. The van der Waals surface area contributed by atoms with Crippen LogP contribution >= 0.6 is 0 Å². The van der Waals surface area contributed by atoms with Gasteiger partial charge in [-0.25, -0.2) is 0 Å². The summed E-state index contributed by atoms with van der Waals surface area (Å²) in [4.78, 5) is 2.79. The molecule has 0 radical (unpaired) electrons. The van der Waals surface area contributed by atoms with Crippen LogP contribution in [0.5, 0.6) is 0 Å². The Morgan fingerprint density at radius 3 is 2.61 bits per heavy atom. The predicted molar refractivity (Wildman–Crippen MR) is 76.8 cm³/mol. The maximum Gasteiger partial charge on any atom is 0.0124 e. The highest BCUT2D eigenvalue weighted by Crippen LogP contribution is 2.36. The average molecular weight is 250 g/mol. The van der Waals surface area contributed by atoms with E-state index in [4.69, 9.17) is 0 Å². The summed E-state index contributed by atoms with van der Waals surface area (Å²) >= 11 is 0. The second-order valence-electron chi connectivity index (χ2n) is 6.79. The first-order valence-corrected chi connectivity index (χ1v) is 8.38. The van der Waals surface area contributed by atoms with E-state index in [1.807, 2.05) is 0 Å². The summed E-state index contributed by atoms with van der Waals surface area (Å²) in [5.74, 6) is 2.04. The zero-order chi connectivity index (χ0) is 12.2. The van der Waals surface area contributed by atoms with Crippen LogP contribution in [0.25, 0.3) is 0 Å². The van der Waals surface area contributed by atoms with Crippen LogP contribution in [-0.4, -0.2) is 37.1 Å². The highest BCUT2D eigenvalue weighted by atomic mass is 15.2. The van der Waals surface area contributed by atoms with Crippen molar-refractivity contribution in [1.82, 2.24) is 10.2 Å². The van der Waals surface area contributed by atoms with Gasteiger partial charge in [0, 0.05) is 19.1 Å². The van der Waals surface area contributed by atoms with Gasteiger partial charge in [0.05, 0.1) is 0 Å². The Balaban J connectivity index is 1.34. The molecule has 104 valence electrons. The van der Waals surface area contributed by atoms with Crippen LogP contribution in [0, 0.1) is 11.8 Å². The number of fused-ring (bicyclic) bond motifs is 1. The van der Waals surface area contributed by atoms with E-state index in [2.05, 4.69) is 10.2 Å². The molecule has 3 aliphatic rings. The van der Waals surface area contributed by atoms with Gasteiger partial charge in [0.1, 0.15) is 0 Å². The topological polar surface area (TPSA) is 15.3 Å². The highest BCUT2D eigenvalue weighted by Gasteiger charge is 2.34. The van der Waals surface area contributed by atoms with Crippen LogP contribution in [0.1, 0.15) is 57.8 Å². The van der Waals surface area contributed by atoms with Crippen molar-refractivity contribution in [2.75, 3.05) is 26.2 Å². The summed E-state index contributed by atoms with van der Waals surface area (Å²) in [5, 5.41) is 3.71. The molecule has 2 saturated carbocycles. The molecule has 1 heterocycles. The van der Waals surface area contributed by atoms with Gasteiger partial charge in [-0.15, -0.1) is 0 Å². The van der Waals surface area contributed by atoms with Crippen molar-refractivity contribution in [3.63, 3.8) is 0 Å². The van der Waals surface area contributed by atoms with Gasteiger partial charge in [-0.3, -0.25) is 4.90 Å². The molecule has 3 rings (SSSR count). The van der Waals surface area contributed by atoms with Crippen molar-refractivity contribution in [3.8, 4) is 0 Å². The van der Waals surface area contributed by atoms with E-state index in [0.717, 1.165) is 17.9 Å². The summed E-state index contributed by atoms with van der Waals surface area (Å²) in [6, 6.07) is 0.951. The van der Waals surface area contributed by atoms with E-state index in [0.29, 0.717) is 0 Å². The van der Waals surface area contributed by atoms with Crippen LogP contribution < -0.4 is 5.32 Å². The lowest BCUT2D eigenvalue weighted by Crippen LogP contribution is -2.45. The molecule has 2 aliphatic carbocycles. The summed E-state index contributed by atoms with van der Waals surface area (Å²) in [5.41, 5.74) is 0. The van der Waals surface area contributed by atoms with Crippen molar-refractivity contribution in [3.05, 3.63) is 0 Å². The third-order valence-electron chi connectivity index (χ3n) is 5.59. The number of nitrogens with one attached hydrogen (secondary N) is 1. The smallest absolute Gasteiger partial charge is 0.0124 e. The third kappa shape index (κ3) is 3.08. The number of piperidine rings is 1. The van der Waals surface area contributed by atoms with Gasteiger partial charge in [0.25, 0.3) is 0 Å². The van der Waals surface area contributed by atoms with Crippen LogP contribution in [0.3, 0.4) is 0 Å². The first-order valence-electron chi connectivity index (χ1n) is 8.38. The molecule has 3 fully saturated rings. The second-order valence-corrected chi connectivity index (χ2v) is 6.79. The minimum Gasteiger partial charge on any atom is -0.315 e. The molecule has 0 aromatic carbocycles. The Morgan fingerprint density at radius 2 is 1.72 bits per heavy atom. The van der Waals surface area contributed by atoms with Crippen molar-refractivity contribution < 1.29 is 0 Å². The molecule has 0 spiro atoms. The summed E-state index contributed by atoms with van der Waals surface area (Å²) in [6.45, 7) is 5.17. The number of nitrogens with zero attached hydrogens (tertiary/aromatic N) is 1. The van der Waals surface area contributed by atoms with Crippen molar-refractivity contribution >= 4 is 0 Å². The first kappa shape index (κ1) is 12.9. The Hall–Kier alpha value is -0.0800. The lowest BCUT2D eigenvalue weighted by molar-refractivity contribution is 0.114. The van der Waals surface area contributed by atoms with Crippen LogP contribution in [0.2, 0.25) is 0 Å². The van der Waals surface area contributed by atoms with Crippen LogP contribution in [0.15, 0.2) is 0 Å². The van der Waals surface area contributed by atoms with Gasteiger partial charge >= 0.3 is 0 Å². The van der Waals surface area contributed by atoms with E-state index in [1.54, 1.807) is 0 Å². The fourth-order valence-corrected chi connectivity index (χ4v) is 4.58. The van der Waals surface area contributed by atoms with Crippen LogP contribution in [0.4, 0.5) is 0 Å². The normalized spacial score (nSPS) is 34.0. The molecule has 2 nitrogen and oxygen atoms in total. The van der Waals surface area contributed by atoms with Gasteiger partial charge in [-0.05, 0) is 63.5 Å². The lowest BCUT2D eigenvalue weighted by atomic mass is 9.92. The molecule has 2 atom stereocenters. The molecule has 0 amide bonds. The molecule has 0 aromatic rings. The molecule has 1 saturated heterocycles. The summed E-state index contributed by atoms with van der Waals surface area (Å²) < 4.78 is 0. The van der Waals surface area contributed by atoms with Gasteiger partial charge in [0.15, 0.2) is 0 Å². The Morgan fingerprint density at radius 1 is 0.889 bits per heavy atom. The average Bonchev–Trinajstić information content (AvgIpc) is 3.05. The summed E-state index contributed by atoms with van der Waals surface area (Å²) in [6.07, 6.45) is 13.3. The van der Waals surface area contributed by atoms with Gasteiger partial charge in [-0.2, -0.15) is 0 Å². The maximum absolute atomic E-state index is 3.71. The van der Waals surface area contributed by atoms with Crippen molar-refractivity contribution in [1.29, 1.82) is 0 Å². The van der Waals surface area contributed by atoms with E-state index in [-0.39, 0.29) is 0 Å². The zero-order valence-electron chi connectivity index (χ0n) is 11.9. The molecule has 18 heavy (non-hydrogen) atoms. The predicted octanol–water partition coefficient (Wildman–Crippen LogP) is 3.03. The van der Waals surface area contributed by atoms with Crippen molar-refractivity contribution in [2.45, 2.75) is 63.8 Å². The van der Waals surface area contributed by atoms with Gasteiger partial charge in [0.2, 0.25) is 0 Å². The first-order chi connectivity index (χ1) is 8.93. The molecule has 2 heteroatoms. The number of likely N-dealkylation sites (tertiary alicyclic amines) is 1. The van der Waals surface area contributed by atoms with E-state index < -0.39 is 0 Å². The Kier molecular flexibility index (Phi) is 4.58. The molecule has 1 aliphatic heterocycles. The van der Waals surface area contributed by atoms with Gasteiger partial charge < -0.3 is 5.32 Å². The number of rotatable bonds is 5. The minimum atomic E-state index is 0.951. The van der Waals surface area contributed by atoms with E-state index in [1.165, 1.54) is 84.0 Å². The minimum absolute atomic E-state index is 0.951. The standard InChI is InChI=1S/C16H30N2/c1-2-6-14(5-1)13-17-10-12-18-11-4-8-15-7-3-9-16(15)18/h14-17H,1-13H2. The molecule has 0 bridgehead atoms. The molecular formula is C16H30N2. The SMILES string of the molecule is C1CCC(CNCCN2CCCC3CCCC32)C1. The molecule has 2 unspecified atom stereocenters. The fourth-order valence-electron chi connectivity index (χ4n) is 4.58.